The Labute approximate surface area is 157 Å². The van der Waals surface area contributed by atoms with E-state index in [0.717, 1.165) is 49.3 Å². The molecule has 1 N–H and O–H groups in total. The fraction of sp³-hybridized carbons (Fsp3) is 0.474. The van der Waals surface area contributed by atoms with Gasteiger partial charge in [0.2, 0.25) is 0 Å². The highest BCUT2D eigenvalue weighted by atomic mass is 32.1. The molecule has 3 aliphatic heterocycles. The summed E-state index contributed by atoms with van der Waals surface area (Å²) in [5, 5.41) is 3.32. The van der Waals surface area contributed by atoms with E-state index in [0.29, 0.717) is 17.6 Å². The van der Waals surface area contributed by atoms with Gasteiger partial charge in [-0.3, -0.25) is 5.32 Å². The zero-order valence-corrected chi connectivity index (χ0v) is 15.7. The first-order valence-corrected chi connectivity index (χ1v) is 9.75. The number of fused-ring (bicyclic) bond motifs is 3. The van der Waals surface area contributed by atoms with Crippen molar-refractivity contribution in [1.82, 2.24) is 9.88 Å². The van der Waals surface area contributed by atoms with Gasteiger partial charge in [0.25, 0.3) is 5.19 Å². The number of hydrogen-bond donors (Lipinski definition) is 1. The van der Waals surface area contributed by atoms with E-state index in [1.165, 1.54) is 11.3 Å². The number of methoxy groups -OCH3 is 1. The van der Waals surface area contributed by atoms with Crippen molar-refractivity contribution < 1.29 is 14.3 Å². The summed E-state index contributed by atoms with van der Waals surface area (Å²) in [5.74, 6) is 0.485. The molecule has 2 bridgehead atoms. The first-order chi connectivity index (χ1) is 12.7. The van der Waals surface area contributed by atoms with Crippen LogP contribution in [-0.4, -0.2) is 49.3 Å². The molecular weight excluding hydrogens is 350 g/mol. The quantitative estimate of drug-likeness (QED) is 0.862. The smallest absolute Gasteiger partial charge is 0.412 e. The molecule has 1 aromatic heterocycles. The first kappa shape index (κ1) is 17.3. The van der Waals surface area contributed by atoms with Crippen molar-refractivity contribution in [3.63, 3.8) is 0 Å². The van der Waals surface area contributed by atoms with Crippen molar-refractivity contribution >= 4 is 23.2 Å². The summed E-state index contributed by atoms with van der Waals surface area (Å²) in [6.45, 7) is 3.83. The minimum Gasteiger partial charge on any atom is -0.473 e. The fourth-order valence-corrected chi connectivity index (χ4v) is 4.56. The van der Waals surface area contributed by atoms with E-state index in [4.69, 9.17) is 9.47 Å². The van der Waals surface area contributed by atoms with Crippen LogP contribution in [0.3, 0.4) is 0 Å². The largest absolute Gasteiger partial charge is 0.473 e. The van der Waals surface area contributed by atoms with Gasteiger partial charge in [0.1, 0.15) is 0 Å². The van der Waals surface area contributed by atoms with Gasteiger partial charge < -0.3 is 14.4 Å². The third-order valence-electron chi connectivity index (χ3n) is 5.42. The molecule has 0 spiro atoms. The van der Waals surface area contributed by atoms with E-state index in [9.17, 15) is 4.79 Å². The number of anilines is 1. The van der Waals surface area contributed by atoms with E-state index in [1.54, 1.807) is 7.11 Å². The van der Waals surface area contributed by atoms with Gasteiger partial charge in [0, 0.05) is 5.41 Å². The summed E-state index contributed by atoms with van der Waals surface area (Å²) in [7, 11) is 1.57. The van der Waals surface area contributed by atoms with Gasteiger partial charge >= 0.3 is 6.09 Å². The van der Waals surface area contributed by atoms with Crippen molar-refractivity contribution in [3.05, 3.63) is 30.3 Å². The highest BCUT2D eigenvalue weighted by Crippen LogP contribution is 2.41. The average Bonchev–Trinajstić information content (AvgIpc) is 3.11. The summed E-state index contributed by atoms with van der Waals surface area (Å²) in [6.07, 6.45) is 2.89. The number of carbonyl (C=O) groups is 1. The van der Waals surface area contributed by atoms with Gasteiger partial charge in [-0.2, -0.15) is 4.98 Å². The molecule has 3 fully saturated rings. The number of rotatable bonds is 5. The molecule has 3 saturated heterocycles. The Bertz CT molecular complexity index is 756. The number of ether oxygens (including phenoxy) is 2. The van der Waals surface area contributed by atoms with Crippen LogP contribution < -0.4 is 10.1 Å². The fourth-order valence-electron chi connectivity index (χ4n) is 3.72. The molecule has 0 unspecified atom stereocenters. The molecule has 1 amide bonds. The Kier molecular flexibility index (Phi) is 4.82. The number of carbonyl (C=O) groups excluding carboxylic acids is 1. The maximum absolute atomic E-state index is 12.4. The number of hydrogen-bond acceptors (Lipinski definition) is 6. The number of thiazole rings is 1. The van der Waals surface area contributed by atoms with Crippen LogP contribution in [0.4, 0.5) is 10.6 Å². The molecule has 4 heterocycles. The van der Waals surface area contributed by atoms with Gasteiger partial charge in [-0.1, -0.05) is 41.7 Å². The lowest BCUT2D eigenvalue weighted by Gasteiger charge is -2.47. The van der Waals surface area contributed by atoms with Crippen molar-refractivity contribution in [2.45, 2.75) is 19.3 Å². The summed E-state index contributed by atoms with van der Waals surface area (Å²) in [6, 6.07) is 9.84. The van der Waals surface area contributed by atoms with Crippen LogP contribution in [0.1, 0.15) is 19.3 Å². The number of nitrogens with one attached hydrogen (secondary N) is 1. The zero-order chi connectivity index (χ0) is 18.0. The number of benzene rings is 1. The van der Waals surface area contributed by atoms with Crippen molar-refractivity contribution in [1.29, 1.82) is 0 Å². The predicted octanol–water partition coefficient (Wildman–Crippen LogP) is 3.85. The lowest BCUT2D eigenvalue weighted by atomic mass is 9.73. The second-order valence-electron chi connectivity index (χ2n) is 7.02. The van der Waals surface area contributed by atoms with Crippen LogP contribution in [0.5, 0.6) is 5.19 Å². The number of aromatic nitrogens is 1. The van der Waals surface area contributed by atoms with Crippen LogP contribution >= 0.6 is 11.3 Å². The second-order valence-corrected chi connectivity index (χ2v) is 7.98. The van der Waals surface area contributed by atoms with Gasteiger partial charge in [0.15, 0.2) is 5.82 Å². The van der Waals surface area contributed by atoms with Crippen LogP contribution in [0.15, 0.2) is 30.3 Å². The maximum Gasteiger partial charge on any atom is 0.412 e. The lowest BCUT2D eigenvalue weighted by molar-refractivity contribution is -0.0190. The second kappa shape index (κ2) is 7.25. The zero-order valence-electron chi connectivity index (χ0n) is 14.9. The predicted molar refractivity (Wildman–Crippen MR) is 102 cm³/mol. The Morgan fingerprint density at radius 2 is 1.92 bits per heavy atom. The first-order valence-electron chi connectivity index (χ1n) is 8.94. The van der Waals surface area contributed by atoms with E-state index in [-0.39, 0.29) is 5.41 Å². The van der Waals surface area contributed by atoms with E-state index in [2.05, 4.69) is 15.2 Å². The molecule has 0 atom stereocenters. The van der Waals surface area contributed by atoms with Crippen LogP contribution in [0, 0.1) is 5.41 Å². The normalized spacial score (nSPS) is 24.3. The molecule has 0 aliphatic carbocycles. The number of amides is 1. The minimum atomic E-state index is -0.447. The van der Waals surface area contributed by atoms with Gasteiger partial charge in [0.05, 0.1) is 18.6 Å². The monoisotopic (exact) mass is 373 g/mol. The molecule has 3 aliphatic rings. The number of nitrogens with zero attached hydrogens (tertiary/aromatic N) is 2. The Balaban J connectivity index is 1.43. The molecule has 6 nitrogen and oxygen atoms in total. The molecule has 0 radical (unpaired) electrons. The summed E-state index contributed by atoms with van der Waals surface area (Å²) in [4.78, 5) is 20.1. The topological polar surface area (TPSA) is 63.7 Å². The number of piperidine rings is 3. The minimum absolute atomic E-state index is 0.161. The third-order valence-corrected chi connectivity index (χ3v) is 6.49. The molecule has 5 rings (SSSR count). The van der Waals surface area contributed by atoms with E-state index in [1.807, 2.05) is 30.3 Å². The molecule has 1 aromatic carbocycles. The molecular formula is C19H23N3O3S. The lowest BCUT2D eigenvalue weighted by Crippen LogP contribution is -2.50. The Hall–Kier alpha value is -2.12. The highest BCUT2D eigenvalue weighted by Gasteiger charge is 2.40. The third kappa shape index (κ3) is 3.54. The summed E-state index contributed by atoms with van der Waals surface area (Å²) < 4.78 is 10.8. The molecule has 0 saturated carbocycles. The summed E-state index contributed by atoms with van der Waals surface area (Å²) in [5.41, 5.74) is 1.15. The van der Waals surface area contributed by atoms with Crippen LogP contribution in [0.25, 0.3) is 10.4 Å². The van der Waals surface area contributed by atoms with E-state index >= 15 is 0 Å². The molecule has 2 aromatic rings. The average molecular weight is 373 g/mol. The Morgan fingerprint density at radius 1 is 1.23 bits per heavy atom. The molecule has 26 heavy (non-hydrogen) atoms. The van der Waals surface area contributed by atoms with Crippen molar-refractivity contribution in [2.75, 3.05) is 38.7 Å². The molecule has 7 heteroatoms. The molecule has 138 valence electrons. The highest BCUT2D eigenvalue weighted by molar-refractivity contribution is 7.17. The van der Waals surface area contributed by atoms with Gasteiger partial charge in [-0.05, 0) is 44.5 Å². The van der Waals surface area contributed by atoms with Crippen molar-refractivity contribution in [3.8, 4) is 15.6 Å². The summed E-state index contributed by atoms with van der Waals surface area (Å²) >= 11 is 1.40. The van der Waals surface area contributed by atoms with Crippen LogP contribution in [-0.2, 0) is 4.74 Å². The van der Waals surface area contributed by atoms with Crippen LogP contribution in [0.2, 0.25) is 0 Å². The van der Waals surface area contributed by atoms with Crippen molar-refractivity contribution in [2.24, 2.45) is 5.41 Å². The Morgan fingerprint density at radius 3 is 2.58 bits per heavy atom. The van der Waals surface area contributed by atoms with E-state index < -0.39 is 6.09 Å². The van der Waals surface area contributed by atoms with Gasteiger partial charge in [-0.25, -0.2) is 4.79 Å². The van der Waals surface area contributed by atoms with Gasteiger partial charge in [-0.15, -0.1) is 0 Å². The maximum atomic E-state index is 12.4. The standard InChI is InChI=1S/C19H23N3O3S/c1-24-18-21-16(15(26-18)14-5-3-2-4-6-14)20-17(23)25-13-19-7-10-22(11-8-19)12-9-19/h2-6H,7-13H2,1H3,(H,20,23). The SMILES string of the molecule is COc1nc(NC(=O)OCC23CCN(CC2)CC3)c(-c2ccccc2)s1.